The average Bonchev–Trinajstić information content (AvgIpc) is 3.05. The molecule has 0 heterocycles. The molecule has 2 amide bonds. The summed E-state index contributed by atoms with van der Waals surface area (Å²) in [5, 5.41) is 3.47. The summed E-state index contributed by atoms with van der Waals surface area (Å²) in [5.41, 5.74) is 1.85. The number of nitrogens with zero attached hydrogens (tertiary/aromatic N) is 2. The van der Waals surface area contributed by atoms with E-state index in [-0.39, 0.29) is 29.5 Å². The van der Waals surface area contributed by atoms with Crippen molar-refractivity contribution in [3.05, 3.63) is 125 Å². The molecule has 0 aliphatic carbocycles. The van der Waals surface area contributed by atoms with Crippen molar-refractivity contribution >= 4 is 39.1 Å². The molecular weight excluding hydrogens is 598 g/mol. The van der Waals surface area contributed by atoms with Crippen LogP contribution < -0.4 is 14.4 Å². The van der Waals surface area contributed by atoms with Crippen LogP contribution in [0.1, 0.15) is 24.5 Å². The number of carbonyl (C=O) groups excluding carboxylic acids is 2. The maximum atomic E-state index is 14.4. The van der Waals surface area contributed by atoms with Gasteiger partial charge in [0.05, 0.1) is 17.7 Å². The molecule has 0 saturated carbocycles. The summed E-state index contributed by atoms with van der Waals surface area (Å²) < 4.78 is 34.5. The Bertz CT molecular complexity index is 1630. The fourth-order valence-corrected chi connectivity index (χ4v) is 6.27. The SMILES string of the molecule is CCCNC(=O)[C@H](Cc1ccccc1)N(Cc1ccc(Cl)cc1)C(=O)CN(c1cccc(OC)c1)S(=O)(=O)c1ccccc1. The number of sulfonamides is 1. The number of carbonyl (C=O) groups is 2. The zero-order valence-electron chi connectivity index (χ0n) is 24.7. The molecule has 4 aromatic carbocycles. The predicted molar refractivity (Wildman–Crippen MR) is 173 cm³/mol. The monoisotopic (exact) mass is 633 g/mol. The number of benzene rings is 4. The average molecular weight is 634 g/mol. The lowest BCUT2D eigenvalue weighted by Crippen LogP contribution is -2.53. The van der Waals surface area contributed by atoms with E-state index in [9.17, 15) is 18.0 Å². The van der Waals surface area contributed by atoms with E-state index < -0.39 is 28.5 Å². The van der Waals surface area contributed by atoms with Crippen molar-refractivity contribution in [3.63, 3.8) is 0 Å². The van der Waals surface area contributed by atoms with Gasteiger partial charge in [-0.25, -0.2) is 8.42 Å². The molecule has 0 spiro atoms. The minimum absolute atomic E-state index is 0.0291. The zero-order chi connectivity index (χ0) is 31.5. The Morgan fingerprint density at radius 3 is 2.16 bits per heavy atom. The van der Waals surface area contributed by atoms with Crippen molar-refractivity contribution < 1.29 is 22.7 Å². The minimum Gasteiger partial charge on any atom is -0.497 e. The molecule has 8 nitrogen and oxygen atoms in total. The molecule has 44 heavy (non-hydrogen) atoms. The molecule has 0 aliphatic heterocycles. The summed E-state index contributed by atoms with van der Waals surface area (Å²) in [6, 6.07) is 30.0. The Kier molecular flexibility index (Phi) is 11.4. The van der Waals surface area contributed by atoms with Gasteiger partial charge in [-0.3, -0.25) is 13.9 Å². The molecule has 0 saturated heterocycles. The van der Waals surface area contributed by atoms with Gasteiger partial charge in [-0.05, 0) is 53.9 Å². The van der Waals surface area contributed by atoms with Crippen LogP contribution in [0.5, 0.6) is 5.75 Å². The van der Waals surface area contributed by atoms with Gasteiger partial charge in [0.1, 0.15) is 18.3 Å². The van der Waals surface area contributed by atoms with Crippen molar-refractivity contribution in [3.8, 4) is 5.75 Å². The van der Waals surface area contributed by atoms with Crippen molar-refractivity contribution in [1.82, 2.24) is 10.2 Å². The van der Waals surface area contributed by atoms with Crippen LogP contribution in [0, 0.1) is 0 Å². The van der Waals surface area contributed by atoms with Crippen LogP contribution in [-0.4, -0.2) is 51.4 Å². The normalized spacial score (nSPS) is 11.8. The number of halogens is 1. The maximum Gasteiger partial charge on any atom is 0.264 e. The third-order valence-corrected chi connectivity index (χ3v) is 9.08. The molecule has 0 bridgehead atoms. The van der Waals surface area contributed by atoms with Crippen LogP contribution >= 0.6 is 11.6 Å². The van der Waals surface area contributed by atoms with Crippen molar-refractivity contribution in [2.75, 3.05) is 24.5 Å². The van der Waals surface area contributed by atoms with Gasteiger partial charge in [0.2, 0.25) is 11.8 Å². The molecule has 0 radical (unpaired) electrons. The highest BCUT2D eigenvalue weighted by Crippen LogP contribution is 2.28. The first kappa shape index (κ1) is 32.6. The van der Waals surface area contributed by atoms with Gasteiger partial charge in [0.15, 0.2) is 0 Å². The first-order valence-corrected chi connectivity index (χ1v) is 16.1. The van der Waals surface area contributed by atoms with E-state index in [4.69, 9.17) is 16.3 Å². The van der Waals surface area contributed by atoms with Crippen LogP contribution in [0.3, 0.4) is 0 Å². The fourth-order valence-electron chi connectivity index (χ4n) is 4.72. The van der Waals surface area contributed by atoms with Crippen LogP contribution in [-0.2, 0) is 32.6 Å². The number of amides is 2. The summed E-state index contributed by atoms with van der Waals surface area (Å²) >= 11 is 6.13. The van der Waals surface area contributed by atoms with Gasteiger partial charge >= 0.3 is 0 Å². The fraction of sp³-hybridized carbons (Fsp3) is 0.235. The Labute approximate surface area is 264 Å². The van der Waals surface area contributed by atoms with Crippen molar-refractivity contribution in [2.45, 2.75) is 37.2 Å². The summed E-state index contributed by atoms with van der Waals surface area (Å²) in [6.45, 7) is 1.89. The highest BCUT2D eigenvalue weighted by Gasteiger charge is 2.34. The number of nitrogens with one attached hydrogen (secondary N) is 1. The third kappa shape index (κ3) is 8.39. The molecule has 10 heteroatoms. The van der Waals surface area contributed by atoms with E-state index in [2.05, 4.69) is 5.32 Å². The number of rotatable bonds is 14. The lowest BCUT2D eigenvalue weighted by Gasteiger charge is -2.34. The number of hydrogen-bond donors (Lipinski definition) is 1. The number of anilines is 1. The van der Waals surface area contributed by atoms with E-state index in [0.717, 1.165) is 15.4 Å². The van der Waals surface area contributed by atoms with Crippen LogP contribution in [0.25, 0.3) is 0 Å². The van der Waals surface area contributed by atoms with Gasteiger partial charge in [0, 0.05) is 30.6 Å². The lowest BCUT2D eigenvalue weighted by molar-refractivity contribution is -0.140. The van der Waals surface area contributed by atoms with Gasteiger partial charge in [-0.2, -0.15) is 0 Å². The molecular formula is C34H36ClN3O5S. The summed E-state index contributed by atoms with van der Waals surface area (Å²) in [5.74, 6) is -0.436. The Balaban J connectivity index is 1.79. The van der Waals surface area contributed by atoms with Gasteiger partial charge in [0.25, 0.3) is 10.0 Å². The quantitative estimate of drug-likeness (QED) is 0.192. The highest BCUT2D eigenvalue weighted by molar-refractivity contribution is 7.92. The minimum atomic E-state index is -4.19. The van der Waals surface area contributed by atoms with Gasteiger partial charge in [-0.1, -0.05) is 85.3 Å². The van der Waals surface area contributed by atoms with Gasteiger partial charge < -0.3 is 15.0 Å². The van der Waals surface area contributed by atoms with Crippen molar-refractivity contribution in [1.29, 1.82) is 0 Å². The summed E-state index contributed by atoms with van der Waals surface area (Å²) in [6.07, 6.45) is 0.953. The Hall–Kier alpha value is -4.34. The van der Waals surface area contributed by atoms with E-state index in [0.29, 0.717) is 23.7 Å². The van der Waals surface area contributed by atoms with E-state index in [1.165, 1.54) is 24.1 Å². The second-order valence-electron chi connectivity index (χ2n) is 10.2. The van der Waals surface area contributed by atoms with Gasteiger partial charge in [-0.15, -0.1) is 0 Å². The molecule has 0 unspecified atom stereocenters. The van der Waals surface area contributed by atoms with Crippen LogP contribution in [0.15, 0.2) is 114 Å². The first-order valence-electron chi connectivity index (χ1n) is 14.3. The van der Waals surface area contributed by atoms with E-state index in [1.54, 1.807) is 66.7 Å². The Morgan fingerprint density at radius 1 is 0.864 bits per heavy atom. The van der Waals surface area contributed by atoms with E-state index >= 15 is 0 Å². The summed E-state index contributed by atoms with van der Waals surface area (Å²) in [4.78, 5) is 29.6. The predicted octanol–water partition coefficient (Wildman–Crippen LogP) is 5.71. The van der Waals surface area contributed by atoms with Crippen LogP contribution in [0.4, 0.5) is 5.69 Å². The topological polar surface area (TPSA) is 96.0 Å². The van der Waals surface area contributed by atoms with E-state index in [1.807, 2.05) is 37.3 Å². The smallest absolute Gasteiger partial charge is 0.264 e. The number of hydrogen-bond acceptors (Lipinski definition) is 5. The molecule has 4 aromatic rings. The number of methoxy groups -OCH3 is 1. The molecule has 1 N–H and O–H groups in total. The lowest BCUT2D eigenvalue weighted by atomic mass is 10.0. The molecule has 0 aromatic heterocycles. The Morgan fingerprint density at radius 2 is 1.52 bits per heavy atom. The van der Waals surface area contributed by atoms with Crippen LogP contribution in [0.2, 0.25) is 5.02 Å². The first-order chi connectivity index (χ1) is 21.2. The largest absolute Gasteiger partial charge is 0.497 e. The molecule has 0 aliphatic rings. The molecule has 1 atom stereocenters. The van der Waals surface area contributed by atoms with Crippen molar-refractivity contribution in [2.24, 2.45) is 0 Å². The standard InChI is InChI=1S/C34H36ClN3O5S/c1-3-21-36-34(40)32(22-26-11-6-4-7-12-26)37(24-27-17-19-28(35)20-18-27)33(39)25-38(29-13-10-14-30(23-29)43-2)44(41,42)31-15-8-5-9-16-31/h4-20,23,32H,3,21-22,24-25H2,1-2H3,(H,36,40)/t32-/m0/s1. The zero-order valence-corrected chi connectivity index (χ0v) is 26.3. The second kappa shape index (κ2) is 15.4. The number of ether oxygens (including phenoxy) is 1. The molecule has 0 fully saturated rings. The maximum absolute atomic E-state index is 14.4. The molecule has 230 valence electrons. The second-order valence-corrected chi connectivity index (χ2v) is 12.5. The molecule has 4 rings (SSSR count). The summed E-state index contributed by atoms with van der Waals surface area (Å²) in [7, 11) is -2.71. The highest BCUT2D eigenvalue weighted by atomic mass is 35.5. The third-order valence-electron chi connectivity index (χ3n) is 7.04.